The molecule has 0 bridgehead atoms. The van der Waals surface area contributed by atoms with Gasteiger partial charge in [-0.1, -0.05) is 26.7 Å². The Morgan fingerprint density at radius 2 is 1.50 bits per heavy atom. The Labute approximate surface area is 124 Å². The summed E-state index contributed by atoms with van der Waals surface area (Å²) in [5.41, 5.74) is 0. The maximum atomic E-state index is 12.1. The minimum absolute atomic E-state index is 0.0649. The van der Waals surface area contributed by atoms with Crippen LogP contribution >= 0.6 is 0 Å². The largest absolute Gasteiger partial charge is 0.462 e. The summed E-state index contributed by atoms with van der Waals surface area (Å²) in [6.07, 6.45) is 11.3. The van der Waals surface area contributed by atoms with Gasteiger partial charge in [0, 0.05) is 0 Å². The molecule has 1 atom stereocenters. The third-order valence-corrected chi connectivity index (χ3v) is 5.72. The van der Waals surface area contributed by atoms with Gasteiger partial charge in [0.25, 0.3) is 0 Å². The number of esters is 1. The lowest BCUT2D eigenvalue weighted by molar-refractivity contribution is -0.155. The van der Waals surface area contributed by atoms with Gasteiger partial charge in [-0.2, -0.15) is 0 Å². The van der Waals surface area contributed by atoms with Gasteiger partial charge in [0.05, 0.1) is 12.0 Å². The van der Waals surface area contributed by atoms with Crippen LogP contribution in [0.4, 0.5) is 0 Å². The van der Waals surface area contributed by atoms with E-state index in [1.807, 2.05) is 6.92 Å². The molecule has 2 aliphatic carbocycles. The van der Waals surface area contributed by atoms with Gasteiger partial charge in [0.1, 0.15) is 0 Å². The first-order valence-electron chi connectivity index (χ1n) is 8.80. The second kappa shape index (κ2) is 7.47. The Hall–Kier alpha value is -0.530. The molecule has 0 amide bonds. The summed E-state index contributed by atoms with van der Waals surface area (Å²) in [7, 11) is 0. The van der Waals surface area contributed by atoms with Gasteiger partial charge in [-0.05, 0) is 69.6 Å². The van der Waals surface area contributed by atoms with Gasteiger partial charge in [-0.3, -0.25) is 4.79 Å². The fraction of sp³-hybridized carbons (Fsp3) is 0.944. The van der Waals surface area contributed by atoms with Crippen LogP contribution in [-0.4, -0.2) is 12.1 Å². The van der Waals surface area contributed by atoms with Crippen LogP contribution in [0, 0.1) is 23.7 Å². The first kappa shape index (κ1) is 15.9. The van der Waals surface area contributed by atoms with E-state index < -0.39 is 0 Å². The van der Waals surface area contributed by atoms with E-state index in [4.69, 9.17) is 4.74 Å². The van der Waals surface area contributed by atoms with Crippen molar-refractivity contribution in [1.29, 1.82) is 0 Å². The lowest BCUT2D eigenvalue weighted by Gasteiger charge is -2.36. The van der Waals surface area contributed by atoms with Crippen LogP contribution in [0.25, 0.3) is 0 Å². The Morgan fingerprint density at radius 1 is 1.00 bits per heavy atom. The lowest BCUT2D eigenvalue weighted by Crippen LogP contribution is -2.30. The van der Waals surface area contributed by atoms with E-state index in [1.165, 1.54) is 38.5 Å². The van der Waals surface area contributed by atoms with Gasteiger partial charge in [0.2, 0.25) is 0 Å². The zero-order chi connectivity index (χ0) is 14.5. The van der Waals surface area contributed by atoms with Gasteiger partial charge in [0.15, 0.2) is 0 Å². The van der Waals surface area contributed by atoms with Crippen molar-refractivity contribution in [2.24, 2.45) is 23.7 Å². The second-order valence-corrected chi connectivity index (χ2v) is 7.29. The Kier molecular flexibility index (Phi) is 5.92. The highest BCUT2D eigenvalue weighted by molar-refractivity contribution is 5.72. The normalized spacial score (nSPS) is 36.4. The van der Waals surface area contributed by atoms with Crippen LogP contribution in [0.1, 0.15) is 78.6 Å². The number of carbonyl (C=O) groups excluding carboxylic acids is 1. The summed E-state index contributed by atoms with van der Waals surface area (Å²) < 4.78 is 5.49. The molecular weight excluding hydrogens is 248 g/mol. The highest BCUT2D eigenvalue weighted by Crippen LogP contribution is 2.41. The summed E-state index contributed by atoms with van der Waals surface area (Å²) in [6, 6.07) is 0. The molecule has 0 aromatic rings. The smallest absolute Gasteiger partial charge is 0.309 e. The fourth-order valence-corrected chi connectivity index (χ4v) is 3.96. The van der Waals surface area contributed by atoms with E-state index in [1.54, 1.807) is 0 Å². The molecule has 2 heteroatoms. The zero-order valence-corrected chi connectivity index (χ0v) is 13.6. The van der Waals surface area contributed by atoms with Gasteiger partial charge in [-0.25, -0.2) is 0 Å². The average Bonchev–Trinajstić information content (AvgIpc) is 2.48. The molecule has 0 spiro atoms. The Morgan fingerprint density at radius 3 is 2.00 bits per heavy atom. The molecule has 0 radical (unpaired) electrons. The van der Waals surface area contributed by atoms with E-state index in [0.29, 0.717) is 0 Å². The standard InChI is InChI=1S/C18H32O2/c1-4-14(3)20-18(19)17-11-9-16(10-12-17)15-7-5-13(2)6-8-15/h13-17H,4-12H2,1-3H3. The summed E-state index contributed by atoms with van der Waals surface area (Å²) in [5.74, 6) is 3.01. The summed E-state index contributed by atoms with van der Waals surface area (Å²) >= 11 is 0. The van der Waals surface area contributed by atoms with E-state index in [2.05, 4.69) is 13.8 Å². The fourth-order valence-electron chi connectivity index (χ4n) is 3.96. The summed E-state index contributed by atoms with van der Waals surface area (Å²) in [5, 5.41) is 0. The van der Waals surface area contributed by atoms with Crippen LogP contribution in [0.5, 0.6) is 0 Å². The average molecular weight is 280 g/mol. The molecule has 2 saturated carbocycles. The maximum Gasteiger partial charge on any atom is 0.309 e. The SMILES string of the molecule is CCC(C)OC(=O)C1CCC(C2CCC(C)CC2)CC1. The highest BCUT2D eigenvalue weighted by atomic mass is 16.5. The molecule has 0 aromatic heterocycles. The molecule has 0 aromatic carbocycles. The number of rotatable bonds is 4. The van der Waals surface area contributed by atoms with Gasteiger partial charge in [-0.15, -0.1) is 0 Å². The van der Waals surface area contributed by atoms with E-state index in [0.717, 1.165) is 37.0 Å². The molecule has 2 fully saturated rings. The summed E-state index contributed by atoms with van der Waals surface area (Å²) in [6.45, 7) is 6.45. The maximum absolute atomic E-state index is 12.1. The first-order chi connectivity index (χ1) is 9.60. The predicted octanol–water partition coefficient (Wildman–Crippen LogP) is 4.96. The van der Waals surface area contributed by atoms with Crippen molar-refractivity contribution in [2.75, 3.05) is 0 Å². The molecule has 0 aliphatic heterocycles. The van der Waals surface area contributed by atoms with Crippen molar-refractivity contribution >= 4 is 5.97 Å². The third-order valence-electron chi connectivity index (χ3n) is 5.72. The molecule has 2 nitrogen and oxygen atoms in total. The number of ether oxygens (including phenoxy) is 1. The van der Waals surface area contributed by atoms with Crippen molar-refractivity contribution in [3.05, 3.63) is 0 Å². The minimum atomic E-state index is 0.0649. The topological polar surface area (TPSA) is 26.3 Å². The first-order valence-corrected chi connectivity index (χ1v) is 8.80. The number of carbonyl (C=O) groups is 1. The molecule has 2 rings (SSSR count). The quantitative estimate of drug-likeness (QED) is 0.680. The zero-order valence-electron chi connectivity index (χ0n) is 13.6. The number of hydrogen-bond acceptors (Lipinski definition) is 2. The van der Waals surface area contributed by atoms with Crippen molar-refractivity contribution in [3.8, 4) is 0 Å². The molecule has 2 aliphatic rings. The Balaban J connectivity index is 1.73. The van der Waals surface area contributed by atoms with Crippen LogP contribution in [0.3, 0.4) is 0 Å². The minimum Gasteiger partial charge on any atom is -0.462 e. The van der Waals surface area contributed by atoms with E-state index >= 15 is 0 Å². The second-order valence-electron chi connectivity index (χ2n) is 7.29. The third kappa shape index (κ3) is 4.23. The van der Waals surface area contributed by atoms with Crippen molar-refractivity contribution < 1.29 is 9.53 Å². The summed E-state index contributed by atoms with van der Waals surface area (Å²) in [4.78, 5) is 12.1. The van der Waals surface area contributed by atoms with Gasteiger partial charge >= 0.3 is 5.97 Å². The van der Waals surface area contributed by atoms with Crippen LogP contribution in [0.2, 0.25) is 0 Å². The molecule has 0 heterocycles. The Bertz CT molecular complexity index is 297. The highest BCUT2D eigenvalue weighted by Gasteiger charge is 2.33. The molecule has 116 valence electrons. The van der Waals surface area contributed by atoms with Crippen molar-refractivity contribution in [3.63, 3.8) is 0 Å². The van der Waals surface area contributed by atoms with Crippen LogP contribution in [0.15, 0.2) is 0 Å². The molecule has 1 unspecified atom stereocenters. The lowest BCUT2D eigenvalue weighted by atomic mass is 9.69. The molecule has 0 N–H and O–H groups in total. The molecule has 0 saturated heterocycles. The van der Waals surface area contributed by atoms with Crippen molar-refractivity contribution in [1.82, 2.24) is 0 Å². The van der Waals surface area contributed by atoms with Gasteiger partial charge < -0.3 is 4.74 Å². The number of hydrogen-bond donors (Lipinski definition) is 0. The molecular formula is C18H32O2. The van der Waals surface area contributed by atoms with E-state index in [-0.39, 0.29) is 18.0 Å². The monoisotopic (exact) mass is 280 g/mol. The van der Waals surface area contributed by atoms with E-state index in [9.17, 15) is 4.79 Å². The van der Waals surface area contributed by atoms with Crippen LogP contribution < -0.4 is 0 Å². The predicted molar refractivity (Wildman–Crippen MR) is 82.4 cm³/mol. The molecule has 20 heavy (non-hydrogen) atoms. The van der Waals surface area contributed by atoms with Crippen molar-refractivity contribution in [2.45, 2.75) is 84.7 Å². The van der Waals surface area contributed by atoms with Crippen LogP contribution in [-0.2, 0) is 9.53 Å².